The van der Waals surface area contributed by atoms with Gasteiger partial charge >= 0.3 is 11.9 Å². The number of fused-ring (bicyclic) bond motifs is 2. The van der Waals surface area contributed by atoms with Gasteiger partial charge in [-0.15, -0.1) is 0 Å². The van der Waals surface area contributed by atoms with Gasteiger partial charge in [-0.1, -0.05) is 12.1 Å². The molecule has 3 N–H and O–H groups in total. The number of alkyl halides is 3. The number of benzene rings is 2. The highest BCUT2D eigenvalue weighted by molar-refractivity contribution is 5.98. The lowest BCUT2D eigenvalue weighted by Gasteiger charge is -2.12. The summed E-state index contributed by atoms with van der Waals surface area (Å²) < 4.78 is 58.6. The van der Waals surface area contributed by atoms with Crippen molar-refractivity contribution in [3.8, 4) is 0 Å². The number of H-pyrrole nitrogens is 1. The maximum Gasteiger partial charge on any atom is 0.419 e. The van der Waals surface area contributed by atoms with Crippen LogP contribution in [0.2, 0.25) is 0 Å². The standard InChI is InChI=1S/C24H16F4N6O4/c25-15-3-1-12(7-14(15)24(26,27)28)10-30-22(36)18-9-17(32-20-5-6-31-34(18)20)21(35)29-11-13-2-4-19-16(8-13)33-23(37)38-19/h1-9H,10-11H2,(H,29,35)(H,30,36)(H,33,37). The summed E-state index contributed by atoms with van der Waals surface area (Å²) in [5.41, 5.74) is 0.0337. The number of hydrogen-bond acceptors (Lipinski definition) is 6. The van der Waals surface area contributed by atoms with Crippen LogP contribution in [-0.4, -0.2) is 31.4 Å². The van der Waals surface area contributed by atoms with E-state index in [2.05, 4.69) is 25.7 Å². The Morgan fingerprint density at radius 3 is 2.45 bits per heavy atom. The molecule has 0 bridgehead atoms. The first kappa shape index (κ1) is 24.7. The minimum atomic E-state index is -4.89. The molecule has 3 aromatic heterocycles. The zero-order valence-electron chi connectivity index (χ0n) is 19.1. The highest BCUT2D eigenvalue weighted by Crippen LogP contribution is 2.31. The molecule has 0 saturated carbocycles. The van der Waals surface area contributed by atoms with Gasteiger partial charge in [-0.05, 0) is 35.4 Å². The number of nitrogens with zero attached hydrogens (tertiary/aromatic N) is 3. The number of hydrogen-bond donors (Lipinski definition) is 3. The van der Waals surface area contributed by atoms with E-state index in [9.17, 15) is 31.9 Å². The summed E-state index contributed by atoms with van der Waals surface area (Å²) in [5, 5.41) is 9.12. The number of aromatic amines is 1. The van der Waals surface area contributed by atoms with Gasteiger partial charge in [0.15, 0.2) is 11.2 Å². The number of amides is 2. The average Bonchev–Trinajstić information content (AvgIpc) is 3.50. The normalized spacial score (nSPS) is 11.7. The van der Waals surface area contributed by atoms with Crippen LogP contribution in [0.25, 0.3) is 16.7 Å². The molecule has 0 spiro atoms. The predicted molar refractivity (Wildman–Crippen MR) is 124 cm³/mol. The fourth-order valence-electron chi connectivity index (χ4n) is 3.75. The van der Waals surface area contributed by atoms with E-state index in [1.54, 1.807) is 18.2 Å². The van der Waals surface area contributed by atoms with Crippen molar-refractivity contribution >= 4 is 28.6 Å². The number of aromatic nitrogens is 4. The molecule has 0 fully saturated rings. The van der Waals surface area contributed by atoms with Crippen LogP contribution < -0.4 is 16.4 Å². The molecule has 0 atom stereocenters. The second-order valence-electron chi connectivity index (χ2n) is 8.15. The van der Waals surface area contributed by atoms with Gasteiger partial charge in [-0.2, -0.15) is 18.3 Å². The first-order valence-electron chi connectivity index (χ1n) is 11.0. The average molecular weight is 528 g/mol. The van der Waals surface area contributed by atoms with Gasteiger partial charge in [-0.25, -0.2) is 18.7 Å². The van der Waals surface area contributed by atoms with E-state index in [4.69, 9.17) is 4.42 Å². The van der Waals surface area contributed by atoms with Crippen molar-refractivity contribution in [1.82, 2.24) is 30.2 Å². The first-order valence-corrected chi connectivity index (χ1v) is 11.0. The number of carbonyl (C=O) groups is 2. The Morgan fingerprint density at radius 1 is 0.974 bits per heavy atom. The molecule has 0 aliphatic heterocycles. The lowest BCUT2D eigenvalue weighted by molar-refractivity contribution is -0.140. The highest BCUT2D eigenvalue weighted by Gasteiger charge is 2.34. The van der Waals surface area contributed by atoms with E-state index in [0.29, 0.717) is 28.8 Å². The molecule has 0 saturated heterocycles. The number of nitrogens with one attached hydrogen (secondary N) is 3. The molecular formula is C24H16F4N6O4. The molecule has 0 unspecified atom stereocenters. The summed E-state index contributed by atoms with van der Waals surface area (Å²) in [7, 11) is 0. The van der Waals surface area contributed by atoms with Gasteiger partial charge in [0.05, 0.1) is 17.3 Å². The van der Waals surface area contributed by atoms with Crippen LogP contribution in [0.1, 0.15) is 37.7 Å². The molecule has 2 aromatic carbocycles. The second-order valence-corrected chi connectivity index (χ2v) is 8.15. The van der Waals surface area contributed by atoms with Gasteiger partial charge in [0.1, 0.15) is 17.2 Å². The lowest BCUT2D eigenvalue weighted by Crippen LogP contribution is -2.28. The molecule has 10 nitrogen and oxygen atoms in total. The van der Waals surface area contributed by atoms with Crippen LogP contribution in [0.4, 0.5) is 17.6 Å². The second kappa shape index (κ2) is 9.46. The molecule has 5 rings (SSSR count). The van der Waals surface area contributed by atoms with E-state index in [-0.39, 0.29) is 35.7 Å². The Balaban J connectivity index is 1.33. The molecule has 0 aliphatic rings. The zero-order valence-corrected chi connectivity index (χ0v) is 19.1. The minimum absolute atomic E-state index is 0.0201. The van der Waals surface area contributed by atoms with Crippen molar-refractivity contribution in [3.05, 3.63) is 99.2 Å². The molecule has 3 heterocycles. The van der Waals surface area contributed by atoms with E-state index in [1.165, 1.54) is 22.8 Å². The Bertz CT molecular complexity index is 1750. The molecule has 2 amide bonds. The van der Waals surface area contributed by atoms with Crippen LogP contribution in [0, 0.1) is 5.82 Å². The van der Waals surface area contributed by atoms with Crippen LogP contribution in [-0.2, 0) is 19.3 Å². The molecular weight excluding hydrogens is 512 g/mol. The third-order valence-electron chi connectivity index (χ3n) is 5.55. The smallest absolute Gasteiger partial charge is 0.408 e. The predicted octanol–water partition coefficient (Wildman–Crippen LogP) is 3.18. The monoisotopic (exact) mass is 528 g/mol. The molecule has 194 valence electrons. The van der Waals surface area contributed by atoms with Crippen LogP contribution in [0.3, 0.4) is 0 Å². The minimum Gasteiger partial charge on any atom is -0.408 e. The van der Waals surface area contributed by atoms with Crippen LogP contribution in [0.5, 0.6) is 0 Å². The van der Waals surface area contributed by atoms with Crippen molar-refractivity contribution < 1.29 is 31.6 Å². The van der Waals surface area contributed by atoms with Crippen molar-refractivity contribution in [1.29, 1.82) is 0 Å². The molecule has 0 radical (unpaired) electrons. The summed E-state index contributed by atoms with van der Waals surface area (Å²) in [6.45, 7) is -0.269. The Kier molecular flexibility index (Phi) is 6.14. The van der Waals surface area contributed by atoms with Gasteiger partial charge in [0.2, 0.25) is 0 Å². The Labute approximate surface area is 209 Å². The maximum absolute atomic E-state index is 13.5. The summed E-state index contributed by atoms with van der Waals surface area (Å²) in [6, 6.07) is 9.93. The third kappa shape index (κ3) is 4.96. The highest BCUT2D eigenvalue weighted by atomic mass is 19.4. The third-order valence-corrected chi connectivity index (χ3v) is 5.55. The topological polar surface area (TPSA) is 134 Å². The SMILES string of the molecule is O=C(NCc1ccc2oc(=O)[nH]c2c1)c1cc(C(=O)NCc2ccc(F)c(C(F)(F)F)c2)n2nccc2n1. The van der Waals surface area contributed by atoms with E-state index in [1.807, 2.05) is 0 Å². The fourth-order valence-corrected chi connectivity index (χ4v) is 3.75. The Hall–Kier alpha value is -5.01. The Morgan fingerprint density at radius 2 is 1.68 bits per heavy atom. The zero-order chi connectivity index (χ0) is 27.0. The van der Waals surface area contributed by atoms with Crippen molar-refractivity contribution in [2.45, 2.75) is 19.3 Å². The van der Waals surface area contributed by atoms with Gasteiger partial charge in [0, 0.05) is 25.2 Å². The van der Waals surface area contributed by atoms with Gasteiger partial charge < -0.3 is 15.1 Å². The van der Waals surface area contributed by atoms with Crippen molar-refractivity contribution in [2.75, 3.05) is 0 Å². The fraction of sp³-hybridized carbons (Fsp3) is 0.125. The summed E-state index contributed by atoms with van der Waals surface area (Å²) >= 11 is 0. The first-order chi connectivity index (χ1) is 18.1. The van der Waals surface area contributed by atoms with E-state index < -0.39 is 35.1 Å². The molecule has 0 aliphatic carbocycles. The number of halogens is 4. The molecule has 38 heavy (non-hydrogen) atoms. The van der Waals surface area contributed by atoms with Crippen molar-refractivity contribution in [2.24, 2.45) is 0 Å². The largest absolute Gasteiger partial charge is 0.419 e. The number of oxazole rings is 1. The number of rotatable bonds is 6. The van der Waals surface area contributed by atoms with Gasteiger partial charge in [0.25, 0.3) is 11.8 Å². The van der Waals surface area contributed by atoms with Crippen LogP contribution in [0.15, 0.2) is 63.9 Å². The number of carbonyl (C=O) groups excluding carboxylic acids is 2. The lowest BCUT2D eigenvalue weighted by atomic mass is 10.1. The summed E-state index contributed by atoms with van der Waals surface area (Å²) in [4.78, 5) is 43.7. The molecule has 5 aromatic rings. The van der Waals surface area contributed by atoms with E-state index in [0.717, 1.165) is 6.07 Å². The van der Waals surface area contributed by atoms with Crippen molar-refractivity contribution in [3.63, 3.8) is 0 Å². The summed E-state index contributed by atoms with van der Waals surface area (Å²) in [6.07, 6.45) is -3.53. The maximum atomic E-state index is 13.5. The van der Waals surface area contributed by atoms with Crippen LogP contribution >= 0.6 is 0 Å². The van der Waals surface area contributed by atoms with Gasteiger partial charge in [-0.3, -0.25) is 14.6 Å². The van der Waals surface area contributed by atoms with E-state index >= 15 is 0 Å². The summed E-state index contributed by atoms with van der Waals surface area (Å²) in [5.74, 6) is -3.39. The molecule has 14 heteroatoms. The quantitative estimate of drug-likeness (QED) is 0.290.